The zero-order valence-corrected chi connectivity index (χ0v) is 16.4. The Bertz CT molecular complexity index is 723. The van der Waals surface area contributed by atoms with Gasteiger partial charge in [-0.2, -0.15) is 4.57 Å². The fourth-order valence-corrected chi connectivity index (χ4v) is 2.19. The Morgan fingerprint density at radius 2 is 1.84 bits per heavy atom. The molecule has 25 heavy (non-hydrogen) atoms. The molecule has 0 saturated carbocycles. The molecule has 0 bridgehead atoms. The van der Waals surface area contributed by atoms with Crippen molar-refractivity contribution in [2.24, 2.45) is 0 Å². The van der Waals surface area contributed by atoms with Crippen LogP contribution in [-0.2, 0) is 16.1 Å². The summed E-state index contributed by atoms with van der Waals surface area (Å²) in [6.07, 6.45) is 5.31. The highest BCUT2D eigenvalue weighted by Crippen LogP contribution is 2.20. The first-order valence-corrected chi connectivity index (χ1v) is 7.85. The van der Waals surface area contributed by atoms with Crippen molar-refractivity contribution in [3.63, 3.8) is 0 Å². The number of halogens is 1. The molecule has 1 aromatic carbocycles. The standard InChI is InChI=1S/C18H23N2O4.BrH/c1-5-23-17(22)18(3,4)24-16-8-6-15(7-9-16)12-19-10-11-20(13-19)14(2)21;/h6-11,13H,5,12H2,1-4H3;1H/q+1;/p-1. The molecule has 136 valence electrons. The number of imidazole rings is 1. The van der Waals surface area contributed by atoms with E-state index >= 15 is 0 Å². The van der Waals surface area contributed by atoms with E-state index in [4.69, 9.17) is 9.47 Å². The van der Waals surface area contributed by atoms with Gasteiger partial charge >= 0.3 is 11.9 Å². The van der Waals surface area contributed by atoms with Gasteiger partial charge in [-0.1, -0.05) is 12.1 Å². The van der Waals surface area contributed by atoms with E-state index in [0.717, 1.165) is 5.56 Å². The van der Waals surface area contributed by atoms with E-state index in [1.165, 1.54) is 11.5 Å². The van der Waals surface area contributed by atoms with Crippen LogP contribution in [0.4, 0.5) is 0 Å². The van der Waals surface area contributed by atoms with Crippen molar-refractivity contribution in [2.45, 2.75) is 39.8 Å². The highest BCUT2D eigenvalue weighted by molar-refractivity contribution is 5.79. The molecule has 0 aliphatic rings. The van der Waals surface area contributed by atoms with Crippen LogP contribution >= 0.6 is 0 Å². The number of carbonyl (C=O) groups is 2. The normalized spacial score (nSPS) is 10.7. The molecule has 0 saturated heterocycles. The second-order valence-corrected chi connectivity index (χ2v) is 5.99. The molecule has 2 rings (SSSR count). The monoisotopic (exact) mass is 410 g/mol. The quantitative estimate of drug-likeness (QED) is 0.462. The number of carbonyl (C=O) groups excluding carboxylic acids is 2. The second kappa shape index (κ2) is 8.80. The number of esters is 1. The molecular weight excluding hydrogens is 388 g/mol. The van der Waals surface area contributed by atoms with Gasteiger partial charge in [-0.3, -0.25) is 0 Å². The van der Waals surface area contributed by atoms with Crippen LogP contribution in [0.2, 0.25) is 0 Å². The number of benzene rings is 1. The van der Waals surface area contributed by atoms with Gasteiger partial charge in [0, 0.05) is 6.92 Å². The Balaban J connectivity index is 0.00000312. The van der Waals surface area contributed by atoms with Gasteiger partial charge in [0.1, 0.15) is 24.7 Å². The first kappa shape index (κ1) is 20.9. The van der Waals surface area contributed by atoms with Gasteiger partial charge in [0.15, 0.2) is 5.60 Å². The van der Waals surface area contributed by atoms with Crippen molar-refractivity contribution in [3.8, 4) is 5.75 Å². The average molecular weight is 411 g/mol. The maximum Gasteiger partial charge on any atom is 0.349 e. The predicted molar refractivity (Wildman–Crippen MR) is 87.8 cm³/mol. The van der Waals surface area contributed by atoms with Gasteiger partial charge in [0.25, 0.3) is 6.33 Å². The summed E-state index contributed by atoms with van der Waals surface area (Å²) in [5.41, 5.74) is 0.0212. The summed E-state index contributed by atoms with van der Waals surface area (Å²) in [5.74, 6) is 0.178. The summed E-state index contributed by atoms with van der Waals surface area (Å²) in [6.45, 7) is 7.60. The summed E-state index contributed by atoms with van der Waals surface area (Å²) in [6, 6.07) is 7.49. The molecule has 0 atom stereocenters. The van der Waals surface area contributed by atoms with E-state index in [-0.39, 0.29) is 22.9 Å². The Morgan fingerprint density at radius 3 is 2.36 bits per heavy atom. The van der Waals surface area contributed by atoms with Gasteiger partial charge in [-0.05, 0) is 38.5 Å². The summed E-state index contributed by atoms with van der Waals surface area (Å²) < 4.78 is 14.2. The van der Waals surface area contributed by atoms with Gasteiger partial charge < -0.3 is 26.5 Å². The predicted octanol–water partition coefficient (Wildman–Crippen LogP) is -0.791. The van der Waals surface area contributed by atoms with E-state index in [9.17, 15) is 9.59 Å². The SMILES string of the molecule is CCOC(=O)C(C)(C)Oc1ccc(Cn2cc[n+](C(C)=O)c2)cc1.[Br-]. The largest absolute Gasteiger partial charge is 1.00 e. The van der Waals surface area contributed by atoms with E-state index < -0.39 is 11.6 Å². The summed E-state index contributed by atoms with van der Waals surface area (Å²) >= 11 is 0. The van der Waals surface area contributed by atoms with Gasteiger partial charge in [0.05, 0.1) is 6.61 Å². The van der Waals surface area contributed by atoms with Crippen molar-refractivity contribution in [1.82, 2.24) is 4.57 Å². The number of hydrogen-bond acceptors (Lipinski definition) is 4. The van der Waals surface area contributed by atoms with Crippen molar-refractivity contribution in [2.75, 3.05) is 6.61 Å². The Labute approximate surface area is 158 Å². The van der Waals surface area contributed by atoms with Gasteiger partial charge in [-0.15, -0.1) is 0 Å². The summed E-state index contributed by atoms with van der Waals surface area (Å²) in [7, 11) is 0. The summed E-state index contributed by atoms with van der Waals surface area (Å²) in [5, 5.41) is 0. The van der Waals surface area contributed by atoms with Gasteiger partial charge in [-0.25, -0.2) is 14.2 Å². The van der Waals surface area contributed by atoms with E-state index in [0.29, 0.717) is 18.9 Å². The smallest absolute Gasteiger partial charge is 0.349 e. The Hall–Kier alpha value is -2.15. The van der Waals surface area contributed by atoms with Crippen molar-refractivity contribution in [3.05, 3.63) is 48.5 Å². The first-order valence-electron chi connectivity index (χ1n) is 7.85. The minimum atomic E-state index is -1.04. The van der Waals surface area contributed by atoms with Crippen LogP contribution in [-0.4, -0.2) is 28.7 Å². The lowest BCUT2D eigenvalue weighted by Crippen LogP contribution is -3.00. The van der Waals surface area contributed by atoms with Crippen LogP contribution in [0.3, 0.4) is 0 Å². The van der Waals surface area contributed by atoms with Crippen molar-refractivity contribution < 1.29 is 40.6 Å². The third-order valence-corrected chi connectivity index (χ3v) is 3.48. The fourth-order valence-electron chi connectivity index (χ4n) is 2.19. The minimum Gasteiger partial charge on any atom is -1.00 e. The molecule has 6 nitrogen and oxygen atoms in total. The topological polar surface area (TPSA) is 61.4 Å². The maximum atomic E-state index is 11.9. The lowest BCUT2D eigenvalue weighted by molar-refractivity contribution is -0.572. The molecule has 1 heterocycles. The third-order valence-electron chi connectivity index (χ3n) is 3.48. The van der Waals surface area contributed by atoms with E-state index in [1.807, 2.05) is 35.0 Å². The average Bonchev–Trinajstić information content (AvgIpc) is 2.98. The molecule has 0 aliphatic heterocycles. The molecule has 0 fully saturated rings. The van der Waals surface area contributed by atoms with Crippen LogP contribution < -0.4 is 26.3 Å². The van der Waals surface area contributed by atoms with E-state index in [1.54, 1.807) is 33.3 Å². The number of ether oxygens (including phenoxy) is 2. The molecule has 2 aromatic rings. The third kappa shape index (κ3) is 5.70. The molecule has 0 spiro atoms. The molecule has 0 unspecified atom stereocenters. The zero-order valence-electron chi connectivity index (χ0n) is 14.9. The van der Waals surface area contributed by atoms with Crippen LogP contribution in [0.25, 0.3) is 0 Å². The molecule has 0 amide bonds. The maximum absolute atomic E-state index is 11.9. The van der Waals surface area contributed by atoms with E-state index in [2.05, 4.69) is 0 Å². The van der Waals surface area contributed by atoms with Crippen molar-refractivity contribution in [1.29, 1.82) is 0 Å². The second-order valence-electron chi connectivity index (χ2n) is 5.99. The fraction of sp³-hybridized carbons (Fsp3) is 0.389. The number of nitrogens with zero attached hydrogens (tertiary/aromatic N) is 2. The molecule has 0 N–H and O–H groups in total. The lowest BCUT2D eigenvalue weighted by atomic mass is 10.1. The van der Waals surface area contributed by atoms with Crippen LogP contribution in [0.5, 0.6) is 5.75 Å². The van der Waals surface area contributed by atoms with Crippen LogP contribution in [0.15, 0.2) is 43.0 Å². The van der Waals surface area contributed by atoms with Crippen LogP contribution in [0.1, 0.15) is 38.1 Å². The molecule has 1 aromatic heterocycles. The molecule has 0 aliphatic carbocycles. The number of aromatic nitrogens is 2. The van der Waals surface area contributed by atoms with Gasteiger partial charge in [0.2, 0.25) is 0 Å². The lowest BCUT2D eigenvalue weighted by Gasteiger charge is -2.24. The van der Waals surface area contributed by atoms with Crippen LogP contribution in [0, 0.1) is 0 Å². The number of hydrogen-bond donors (Lipinski definition) is 0. The molecule has 7 heteroatoms. The first-order chi connectivity index (χ1) is 11.3. The minimum absolute atomic E-state index is 0. The summed E-state index contributed by atoms with van der Waals surface area (Å²) in [4.78, 5) is 23.1. The van der Waals surface area contributed by atoms with Crippen molar-refractivity contribution >= 4 is 11.9 Å². The Morgan fingerprint density at radius 1 is 1.20 bits per heavy atom. The number of rotatable bonds is 6. The highest BCUT2D eigenvalue weighted by Gasteiger charge is 2.31. The highest BCUT2D eigenvalue weighted by atomic mass is 79.9. The molecule has 0 radical (unpaired) electrons. The zero-order chi connectivity index (χ0) is 17.7. The molecular formula is C18H23BrN2O4. The Kier molecular flexibility index (Phi) is 7.36.